The van der Waals surface area contributed by atoms with Gasteiger partial charge in [-0.05, 0) is 43.5 Å². The van der Waals surface area contributed by atoms with Crippen molar-refractivity contribution >= 4 is 23.2 Å². The minimum Gasteiger partial charge on any atom is -0.486 e. The highest BCUT2D eigenvalue weighted by atomic mass is 16.6. The first-order valence-electron chi connectivity index (χ1n) is 12.6. The van der Waals surface area contributed by atoms with Crippen LogP contribution in [0.5, 0.6) is 11.5 Å². The summed E-state index contributed by atoms with van der Waals surface area (Å²) >= 11 is 0. The van der Waals surface area contributed by atoms with Crippen molar-refractivity contribution in [3.63, 3.8) is 0 Å². The van der Waals surface area contributed by atoms with E-state index in [2.05, 4.69) is 20.1 Å². The van der Waals surface area contributed by atoms with Gasteiger partial charge in [-0.25, -0.2) is 0 Å². The van der Waals surface area contributed by atoms with Gasteiger partial charge in [0.05, 0.1) is 5.92 Å². The van der Waals surface area contributed by atoms with Crippen molar-refractivity contribution in [1.82, 2.24) is 14.8 Å². The van der Waals surface area contributed by atoms with Crippen molar-refractivity contribution in [1.29, 1.82) is 0 Å². The van der Waals surface area contributed by atoms with Crippen LogP contribution in [0.25, 0.3) is 11.4 Å². The Balaban J connectivity index is 1.19. The van der Waals surface area contributed by atoms with E-state index in [-0.39, 0.29) is 18.2 Å². The van der Waals surface area contributed by atoms with Crippen LogP contribution in [0.3, 0.4) is 0 Å². The van der Waals surface area contributed by atoms with E-state index in [0.29, 0.717) is 36.9 Å². The second-order valence-electron chi connectivity index (χ2n) is 9.60. The highest BCUT2D eigenvalue weighted by Gasteiger charge is 2.36. The molecule has 6 rings (SSSR count). The standard InChI is InChI=1S/C27H29N5O4/c1-17-20(26-30-29-24-8-3-2-4-11-31(24)26)6-5-7-21(17)28-27(34)18-14-25(33)32(16-18)19-9-10-22-23(15-19)36-13-12-35-22/h5-7,9-10,15,18H,2-4,8,11-14,16H2,1H3,(H,28,34). The Morgan fingerprint density at radius 2 is 1.92 bits per heavy atom. The molecule has 1 saturated heterocycles. The van der Waals surface area contributed by atoms with Gasteiger partial charge in [0.25, 0.3) is 0 Å². The number of carbonyl (C=O) groups excluding carboxylic acids is 2. The summed E-state index contributed by atoms with van der Waals surface area (Å²) in [7, 11) is 0. The second-order valence-corrected chi connectivity index (χ2v) is 9.60. The lowest BCUT2D eigenvalue weighted by atomic mass is 10.0. The molecule has 2 amide bonds. The molecule has 3 aliphatic heterocycles. The summed E-state index contributed by atoms with van der Waals surface area (Å²) in [6.45, 7) is 4.21. The molecular weight excluding hydrogens is 458 g/mol. The van der Waals surface area contributed by atoms with Gasteiger partial charge in [0.15, 0.2) is 17.3 Å². The molecule has 3 aliphatic rings. The zero-order valence-corrected chi connectivity index (χ0v) is 20.3. The van der Waals surface area contributed by atoms with Crippen LogP contribution in [0, 0.1) is 12.8 Å². The molecule has 0 bridgehead atoms. The number of anilines is 2. The second kappa shape index (κ2) is 9.29. The fourth-order valence-electron chi connectivity index (χ4n) is 5.27. The van der Waals surface area contributed by atoms with Crippen LogP contribution in [0.1, 0.15) is 37.1 Å². The van der Waals surface area contributed by atoms with Gasteiger partial charge < -0.3 is 24.3 Å². The smallest absolute Gasteiger partial charge is 0.229 e. The molecule has 1 N–H and O–H groups in total. The minimum absolute atomic E-state index is 0.0801. The molecule has 1 aromatic heterocycles. The zero-order chi connectivity index (χ0) is 24.6. The van der Waals surface area contributed by atoms with E-state index in [1.54, 1.807) is 4.90 Å². The summed E-state index contributed by atoms with van der Waals surface area (Å²) in [6.07, 6.45) is 4.55. The summed E-state index contributed by atoms with van der Waals surface area (Å²) in [5.41, 5.74) is 3.35. The van der Waals surface area contributed by atoms with Crippen molar-refractivity contribution in [2.75, 3.05) is 30.0 Å². The number of carbonyl (C=O) groups is 2. The first kappa shape index (κ1) is 22.6. The number of hydrogen-bond donors (Lipinski definition) is 1. The Morgan fingerprint density at radius 3 is 2.81 bits per heavy atom. The third-order valence-electron chi connectivity index (χ3n) is 7.28. The van der Waals surface area contributed by atoms with Crippen LogP contribution in [-0.2, 0) is 22.6 Å². The van der Waals surface area contributed by atoms with Crippen LogP contribution in [-0.4, -0.2) is 46.3 Å². The van der Waals surface area contributed by atoms with E-state index in [1.807, 2.05) is 43.3 Å². The molecule has 0 radical (unpaired) electrons. The Morgan fingerprint density at radius 1 is 1.06 bits per heavy atom. The molecule has 0 saturated carbocycles. The van der Waals surface area contributed by atoms with Crippen molar-refractivity contribution < 1.29 is 19.1 Å². The number of aryl methyl sites for hydroxylation is 1. The van der Waals surface area contributed by atoms with Gasteiger partial charge in [-0.3, -0.25) is 9.59 Å². The Kier molecular flexibility index (Phi) is 5.83. The molecule has 36 heavy (non-hydrogen) atoms. The minimum atomic E-state index is -0.446. The normalized spacial score (nSPS) is 19.1. The summed E-state index contributed by atoms with van der Waals surface area (Å²) < 4.78 is 13.4. The summed E-state index contributed by atoms with van der Waals surface area (Å²) in [5, 5.41) is 12.0. The van der Waals surface area contributed by atoms with E-state index in [9.17, 15) is 9.59 Å². The lowest BCUT2D eigenvalue weighted by Gasteiger charge is -2.22. The predicted octanol–water partition coefficient (Wildman–Crippen LogP) is 3.74. The van der Waals surface area contributed by atoms with Crippen molar-refractivity contribution in [2.24, 2.45) is 5.92 Å². The molecule has 1 atom stereocenters. The number of aromatic nitrogens is 3. The monoisotopic (exact) mass is 487 g/mol. The van der Waals surface area contributed by atoms with E-state index >= 15 is 0 Å². The van der Waals surface area contributed by atoms with Gasteiger partial charge >= 0.3 is 0 Å². The third kappa shape index (κ3) is 4.08. The summed E-state index contributed by atoms with van der Waals surface area (Å²) in [4.78, 5) is 27.7. The molecule has 1 unspecified atom stereocenters. The number of amides is 2. The Hall–Kier alpha value is -3.88. The SMILES string of the molecule is Cc1c(NC(=O)C2CC(=O)N(c3ccc4c(c3)OCCO4)C2)cccc1-c1nnc2n1CCCCC2. The van der Waals surface area contributed by atoms with Gasteiger partial charge in [0.2, 0.25) is 11.8 Å². The third-order valence-corrected chi connectivity index (χ3v) is 7.28. The average Bonchev–Trinajstić information content (AvgIpc) is 3.40. The maximum absolute atomic E-state index is 13.2. The van der Waals surface area contributed by atoms with E-state index in [4.69, 9.17) is 9.47 Å². The van der Waals surface area contributed by atoms with Gasteiger partial charge in [0.1, 0.15) is 19.0 Å². The van der Waals surface area contributed by atoms with E-state index < -0.39 is 5.92 Å². The first-order valence-corrected chi connectivity index (χ1v) is 12.6. The van der Waals surface area contributed by atoms with Gasteiger partial charge in [-0.1, -0.05) is 18.6 Å². The van der Waals surface area contributed by atoms with Crippen molar-refractivity contribution in [3.05, 3.63) is 47.8 Å². The largest absolute Gasteiger partial charge is 0.486 e. The molecule has 0 spiro atoms. The fourth-order valence-corrected chi connectivity index (χ4v) is 5.27. The predicted molar refractivity (Wildman–Crippen MR) is 134 cm³/mol. The topological polar surface area (TPSA) is 98.6 Å². The van der Waals surface area contributed by atoms with Gasteiger partial charge in [-0.15, -0.1) is 10.2 Å². The maximum Gasteiger partial charge on any atom is 0.229 e. The number of ether oxygens (including phenoxy) is 2. The number of hydrogen-bond acceptors (Lipinski definition) is 6. The zero-order valence-electron chi connectivity index (χ0n) is 20.3. The Bertz CT molecular complexity index is 1330. The highest BCUT2D eigenvalue weighted by Crippen LogP contribution is 2.36. The maximum atomic E-state index is 13.2. The molecule has 3 aromatic rings. The quantitative estimate of drug-likeness (QED) is 0.602. The number of benzene rings is 2. The lowest BCUT2D eigenvalue weighted by Crippen LogP contribution is -2.28. The van der Waals surface area contributed by atoms with Crippen LogP contribution >= 0.6 is 0 Å². The number of nitrogens with zero attached hydrogens (tertiary/aromatic N) is 4. The summed E-state index contributed by atoms with van der Waals surface area (Å²) in [6, 6.07) is 11.3. The van der Waals surface area contributed by atoms with Crippen LogP contribution in [0.2, 0.25) is 0 Å². The molecule has 9 nitrogen and oxygen atoms in total. The molecule has 9 heteroatoms. The van der Waals surface area contributed by atoms with E-state index in [1.165, 1.54) is 6.42 Å². The van der Waals surface area contributed by atoms with Crippen molar-refractivity contribution in [3.8, 4) is 22.9 Å². The molecule has 4 heterocycles. The lowest BCUT2D eigenvalue weighted by molar-refractivity contribution is -0.122. The van der Waals surface area contributed by atoms with Crippen LogP contribution < -0.4 is 19.7 Å². The molecule has 186 valence electrons. The highest BCUT2D eigenvalue weighted by molar-refractivity contribution is 6.04. The molecule has 1 fully saturated rings. The number of nitrogens with one attached hydrogen (secondary N) is 1. The number of rotatable bonds is 4. The Labute approximate surface area is 209 Å². The molecular formula is C27H29N5O4. The van der Waals surface area contributed by atoms with Crippen molar-refractivity contribution in [2.45, 2.75) is 45.6 Å². The fraction of sp³-hybridized carbons (Fsp3) is 0.407. The first-order chi connectivity index (χ1) is 17.6. The molecule has 2 aromatic carbocycles. The number of fused-ring (bicyclic) bond motifs is 2. The van der Waals surface area contributed by atoms with E-state index in [0.717, 1.165) is 54.3 Å². The molecule has 0 aliphatic carbocycles. The van der Waals surface area contributed by atoms with Crippen LogP contribution in [0.15, 0.2) is 36.4 Å². The summed E-state index contributed by atoms with van der Waals surface area (Å²) in [5.74, 6) is 2.48. The van der Waals surface area contributed by atoms with Gasteiger partial charge in [0, 0.05) is 48.9 Å². The average molecular weight is 488 g/mol. The van der Waals surface area contributed by atoms with Crippen LogP contribution in [0.4, 0.5) is 11.4 Å². The van der Waals surface area contributed by atoms with Gasteiger partial charge in [-0.2, -0.15) is 0 Å².